The van der Waals surface area contributed by atoms with Crippen LogP contribution in [0.3, 0.4) is 0 Å². The summed E-state index contributed by atoms with van der Waals surface area (Å²) in [7, 11) is 1.76. The van der Waals surface area contributed by atoms with Gasteiger partial charge in [-0.25, -0.2) is 0 Å². The van der Waals surface area contributed by atoms with E-state index in [0.29, 0.717) is 19.5 Å². The van der Waals surface area contributed by atoms with Gasteiger partial charge in [0.15, 0.2) is 5.96 Å². The van der Waals surface area contributed by atoms with Gasteiger partial charge in [-0.15, -0.1) is 0 Å². The third-order valence-corrected chi connectivity index (χ3v) is 6.29. The number of nitrogens with one attached hydrogen (secondary N) is 3. The fraction of sp³-hybridized carbons (Fsp3) is 0.440. The van der Waals surface area contributed by atoms with Crippen LogP contribution in [-0.4, -0.2) is 54.7 Å². The number of hydrogen-bond donors (Lipinski definition) is 4. The molecule has 1 saturated heterocycles. The van der Waals surface area contributed by atoms with E-state index in [2.05, 4.69) is 56.2 Å². The van der Waals surface area contributed by atoms with Crippen molar-refractivity contribution in [3.8, 4) is 0 Å². The van der Waals surface area contributed by atoms with Crippen molar-refractivity contribution < 1.29 is 9.90 Å². The topological polar surface area (TPSA) is 89.0 Å². The Morgan fingerprint density at radius 1 is 1.09 bits per heavy atom. The number of guanidine groups is 1. The van der Waals surface area contributed by atoms with Crippen LogP contribution in [0.4, 0.5) is 5.69 Å². The van der Waals surface area contributed by atoms with Crippen LogP contribution in [0.25, 0.3) is 0 Å². The molecule has 0 aromatic heterocycles. The molecule has 2 aliphatic rings. The third kappa shape index (κ3) is 5.87. The van der Waals surface area contributed by atoms with Gasteiger partial charge in [-0.1, -0.05) is 42.5 Å². The monoisotopic (exact) mass is 435 g/mol. The molecule has 4 N–H and O–H groups in total. The molecule has 1 fully saturated rings. The van der Waals surface area contributed by atoms with Crippen LogP contribution >= 0.6 is 0 Å². The molecule has 2 heterocycles. The molecule has 2 aliphatic heterocycles. The number of carbonyl (C=O) groups is 1. The number of nitrogens with zero attached hydrogens (tertiary/aromatic N) is 2. The largest absolute Gasteiger partial charge is 0.393 e. The first-order valence-corrected chi connectivity index (χ1v) is 11.4. The second-order valence-corrected chi connectivity index (χ2v) is 8.67. The van der Waals surface area contributed by atoms with Crippen molar-refractivity contribution in [1.82, 2.24) is 15.5 Å². The van der Waals surface area contributed by atoms with Crippen molar-refractivity contribution in [2.75, 3.05) is 32.0 Å². The van der Waals surface area contributed by atoms with E-state index in [9.17, 15) is 9.90 Å². The number of para-hydroxylation sites is 1. The highest BCUT2D eigenvalue weighted by molar-refractivity contribution is 5.94. The standard InChI is InChI=1S/C25H33N5O2/c1-26-25(28-16-20-14-24(32)29-23-5-3-2-4-22(20)23)27-15-18-6-8-19(9-7-18)17-30-12-10-21(31)11-13-30/h2-9,20-21,31H,10-17H2,1H3,(H,29,32)(H2,26,27,28). The Hall–Kier alpha value is -2.90. The van der Waals surface area contributed by atoms with E-state index in [1.165, 1.54) is 11.1 Å². The van der Waals surface area contributed by atoms with E-state index >= 15 is 0 Å². The molecule has 1 amide bonds. The lowest BCUT2D eigenvalue weighted by Crippen LogP contribution is -2.40. The average Bonchev–Trinajstić information content (AvgIpc) is 2.81. The van der Waals surface area contributed by atoms with Crippen LogP contribution in [0.2, 0.25) is 0 Å². The van der Waals surface area contributed by atoms with Crippen molar-refractivity contribution in [2.24, 2.45) is 4.99 Å². The predicted molar refractivity (Wildman–Crippen MR) is 128 cm³/mol. The van der Waals surface area contributed by atoms with Gasteiger partial charge in [0.2, 0.25) is 5.91 Å². The fourth-order valence-corrected chi connectivity index (χ4v) is 4.41. The number of amides is 1. The van der Waals surface area contributed by atoms with Crippen molar-refractivity contribution >= 4 is 17.6 Å². The summed E-state index contributed by atoms with van der Waals surface area (Å²) < 4.78 is 0. The van der Waals surface area contributed by atoms with Gasteiger partial charge in [0.05, 0.1) is 6.10 Å². The summed E-state index contributed by atoms with van der Waals surface area (Å²) in [5.74, 6) is 0.900. The van der Waals surface area contributed by atoms with Crippen LogP contribution < -0.4 is 16.0 Å². The number of aliphatic imine (C=N–C) groups is 1. The molecule has 0 aliphatic carbocycles. The first-order valence-electron chi connectivity index (χ1n) is 11.4. The highest BCUT2D eigenvalue weighted by Crippen LogP contribution is 2.31. The molecular formula is C25H33N5O2. The van der Waals surface area contributed by atoms with E-state index in [-0.39, 0.29) is 17.9 Å². The van der Waals surface area contributed by atoms with Crippen LogP contribution in [0.5, 0.6) is 0 Å². The Balaban J connectivity index is 1.25. The zero-order valence-corrected chi connectivity index (χ0v) is 18.7. The summed E-state index contributed by atoms with van der Waals surface area (Å²) in [4.78, 5) is 18.8. The SMILES string of the molecule is CN=C(NCc1ccc(CN2CCC(O)CC2)cc1)NCC1CC(=O)Nc2ccccc21. The smallest absolute Gasteiger partial charge is 0.225 e. The van der Waals surface area contributed by atoms with E-state index in [0.717, 1.165) is 49.7 Å². The summed E-state index contributed by atoms with van der Waals surface area (Å²) in [6.07, 6.45) is 2.07. The van der Waals surface area contributed by atoms with Crippen LogP contribution in [0.15, 0.2) is 53.5 Å². The molecule has 0 spiro atoms. The van der Waals surface area contributed by atoms with Gasteiger partial charge in [-0.05, 0) is 35.6 Å². The molecule has 4 rings (SSSR count). The van der Waals surface area contributed by atoms with Crippen LogP contribution in [0, 0.1) is 0 Å². The van der Waals surface area contributed by atoms with E-state index in [1.807, 2.05) is 18.2 Å². The first-order chi connectivity index (χ1) is 15.6. The first kappa shape index (κ1) is 22.3. The van der Waals surface area contributed by atoms with Gasteiger partial charge in [0, 0.05) is 57.8 Å². The number of piperidine rings is 1. The van der Waals surface area contributed by atoms with E-state index < -0.39 is 0 Å². The Bertz CT molecular complexity index is 936. The quantitative estimate of drug-likeness (QED) is 0.413. The molecule has 170 valence electrons. The fourth-order valence-electron chi connectivity index (χ4n) is 4.41. The number of aliphatic hydroxyl groups excluding tert-OH is 1. The molecule has 7 nitrogen and oxygen atoms in total. The molecule has 2 aromatic carbocycles. The zero-order chi connectivity index (χ0) is 22.3. The summed E-state index contributed by atoms with van der Waals surface area (Å²) >= 11 is 0. The Labute approximate surface area is 189 Å². The Kier molecular flexibility index (Phi) is 7.39. The van der Waals surface area contributed by atoms with Gasteiger partial charge in [0.1, 0.15) is 0 Å². The van der Waals surface area contributed by atoms with Gasteiger partial charge in [-0.3, -0.25) is 14.7 Å². The minimum Gasteiger partial charge on any atom is -0.393 e. The molecule has 7 heteroatoms. The van der Waals surface area contributed by atoms with E-state index in [1.54, 1.807) is 7.05 Å². The van der Waals surface area contributed by atoms with Crippen molar-refractivity contribution in [3.63, 3.8) is 0 Å². The van der Waals surface area contributed by atoms with Gasteiger partial charge in [0.25, 0.3) is 0 Å². The van der Waals surface area contributed by atoms with Crippen LogP contribution in [-0.2, 0) is 17.9 Å². The van der Waals surface area contributed by atoms with Crippen LogP contribution in [0.1, 0.15) is 41.9 Å². The maximum Gasteiger partial charge on any atom is 0.225 e. The molecule has 0 bridgehead atoms. The van der Waals surface area contributed by atoms with Crippen molar-refractivity contribution in [3.05, 3.63) is 65.2 Å². The minimum atomic E-state index is -0.132. The number of aliphatic hydroxyl groups is 1. The number of benzene rings is 2. The van der Waals surface area contributed by atoms with Gasteiger partial charge >= 0.3 is 0 Å². The summed E-state index contributed by atoms with van der Waals surface area (Å²) in [6.45, 7) is 4.17. The molecule has 1 atom stereocenters. The zero-order valence-electron chi connectivity index (χ0n) is 18.7. The summed E-state index contributed by atoms with van der Waals surface area (Å²) in [6, 6.07) is 16.6. The molecular weight excluding hydrogens is 402 g/mol. The molecule has 1 unspecified atom stereocenters. The number of likely N-dealkylation sites (tertiary alicyclic amines) is 1. The number of fused-ring (bicyclic) bond motifs is 1. The number of hydrogen-bond acceptors (Lipinski definition) is 4. The molecule has 0 saturated carbocycles. The Morgan fingerprint density at radius 2 is 1.81 bits per heavy atom. The molecule has 0 radical (unpaired) electrons. The highest BCUT2D eigenvalue weighted by atomic mass is 16.3. The lowest BCUT2D eigenvalue weighted by atomic mass is 9.90. The summed E-state index contributed by atoms with van der Waals surface area (Å²) in [5, 5.41) is 19.3. The molecule has 32 heavy (non-hydrogen) atoms. The highest BCUT2D eigenvalue weighted by Gasteiger charge is 2.24. The minimum absolute atomic E-state index is 0.0549. The summed E-state index contributed by atoms with van der Waals surface area (Å²) in [5.41, 5.74) is 4.54. The second-order valence-electron chi connectivity index (χ2n) is 8.67. The predicted octanol–water partition coefficient (Wildman–Crippen LogP) is 2.43. The molecule has 2 aromatic rings. The number of carbonyl (C=O) groups excluding carboxylic acids is 1. The van der Waals surface area contributed by atoms with Crippen molar-refractivity contribution in [1.29, 1.82) is 0 Å². The number of anilines is 1. The normalized spacial score (nSPS) is 19.9. The van der Waals surface area contributed by atoms with E-state index in [4.69, 9.17) is 0 Å². The number of rotatable bonds is 6. The second kappa shape index (κ2) is 10.6. The average molecular weight is 436 g/mol. The van der Waals surface area contributed by atoms with Crippen molar-refractivity contribution in [2.45, 2.75) is 44.4 Å². The maximum atomic E-state index is 12.0. The van der Waals surface area contributed by atoms with Gasteiger partial charge < -0.3 is 21.1 Å². The third-order valence-electron chi connectivity index (χ3n) is 6.29. The lowest BCUT2D eigenvalue weighted by molar-refractivity contribution is -0.116. The maximum absolute atomic E-state index is 12.0. The Morgan fingerprint density at radius 3 is 2.56 bits per heavy atom. The lowest BCUT2D eigenvalue weighted by Gasteiger charge is -2.29. The van der Waals surface area contributed by atoms with Gasteiger partial charge in [-0.2, -0.15) is 0 Å².